The summed E-state index contributed by atoms with van der Waals surface area (Å²) in [6, 6.07) is 15.0. The number of benzene rings is 2. The first-order valence-corrected chi connectivity index (χ1v) is 13.3. The second kappa shape index (κ2) is 12.1. The molecule has 132 valence electrons. The van der Waals surface area contributed by atoms with E-state index in [4.69, 9.17) is 0 Å². The first kappa shape index (κ1) is 22.7. The van der Waals surface area contributed by atoms with Crippen LogP contribution >= 0.6 is 75.5 Å². The Morgan fingerprint density at radius 3 is 1.75 bits per heavy atom. The fourth-order valence-electron chi connectivity index (χ4n) is 1.55. The topological polar surface area (TPSA) is 34.1 Å². The molecule has 0 bridgehead atoms. The molecule has 0 amide bonds. The normalized spacial score (nSPS) is 10.8. The second-order valence-corrected chi connectivity index (χ2v) is 11.1. The summed E-state index contributed by atoms with van der Waals surface area (Å²) >= 11 is 15.0. The molecular formula is C16H16Br4O2S2. The highest BCUT2D eigenvalue weighted by Gasteiger charge is 2.12. The summed E-state index contributed by atoms with van der Waals surface area (Å²) in [6.45, 7) is 0. The molecule has 0 aliphatic rings. The van der Waals surface area contributed by atoms with E-state index in [2.05, 4.69) is 88.0 Å². The van der Waals surface area contributed by atoms with E-state index in [1.807, 2.05) is 11.8 Å². The van der Waals surface area contributed by atoms with Crippen LogP contribution in [0.4, 0.5) is 0 Å². The van der Waals surface area contributed by atoms with Crippen molar-refractivity contribution in [2.24, 2.45) is 0 Å². The molecule has 0 unspecified atom stereocenters. The zero-order valence-electron chi connectivity index (χ0n) is 12.6. The fourth-order valence-corrected chi connectivity index (χ4v) is 5.47. The molecule has 2 nitrogen and oxygen atoms in total. The molecule has 2 aromatic rings. The number of hydrogen-bond donors (Lipinski definition) is 0. The molecular weight excluding hydrogens is 608 g/mol. The third kappa shape index (κ3) is 8.85. The molecule has 0 radical (unpaired) electrons. The van der Waals surface area contributed by atoms with Crippen molar-refractivity contribution in [2.75, 3.05) is 22.2 Å². The monoisotopic (exact) mass is 620 g/mol. The van der Waals surface area contributed by atoms with Crippen LogP contribution in [0.15, 0.2) is 67.3 Å². The van der Waals surface area contributed by atoms with Crippen LogP contribution in [0.3, 0.4) is 0 Å². The van der Waals surface area contributed by atoms with Crippen LogP contribution in [0, 0.1) is 0 Å². The Labute approximate surface area is 181 Å². The lowest BCUT2D eigenvalue weighted by atomic mass is 10.4. The van der Waals surface area contributed by atoms with Gasteiger partial charge in [0.25, 0.3) is 0 Å². The Bertz CT molecular complexity index is 702. The van der Waals surface area contributed by atoms with Crippen LogP contribution in [-0.2, 0) is 9.84 Å². The van der Waals surface area contributed by atoms with Crippen LogP contribution in [0.5, 0.6) is 0 Å². The van der Waals surface area contributed by atoms with E-state index < -0.39 is 9.84 Å². The Kier molecular flexibility index (Phi) is 11.5. The first-order chi connectivity index (χ1) is 11.4. The highest BCUT2D eigenvalue weighted by atomic mass is 79.9. The molecule has 0 saturated heterocycles. The molecule has 0 atom stereocenters. The summed E-state index contributed by atoms with van der Waals surface area (Å²) in [6.07, 6.45) is 0. The Morgan fingerprint density at radius 1 is 0.792 bits per heavy atom. The van der Waals surface area contributed by atoms with Gasteiger partial charge in [-0.1, -0.05) is 63.7 Å². The van der Waals surface area contributed by atoms with Gasteiger partial charge in [-0.2, -0.15) is 0 Å². The van der Waals surface area contributed by atoms with Gasteiger partial charge in [-0.25, -0.2) is 8.42 Å². The van der Waals surface area contributed by atoms with Crippen molar-refractivity contribution in [3.8, 4) is 0 Å². The third-order valence-corrected chi connectivity index (χ3v) is 8.32. The predicted molar refractivity (Wildman–Crippen MR) is 119 cm³/mol. The van der Waals surface area contributed by atoms with Crippen LogP contribution < -0.4 is 0 Å². The number of sulfone groups is 1. The number of alkyl halides is 2. The zero-order valence-corrected chi connectivity index (χ0v) is 20.6. The maximum atomic E-state index is 11.5. The van der Waals surface area contributed by atoms with E-state index >= 15 is 0 Å². The van der Waals surface area contributed by atoms with Gasteiger partial charge in [0.15, 0.2) is 9.84 Å². The molecule has 2 rings (SSSR count). The van der Waals surface area contributed by atoms with E-state index in [0.29, 0.717) is 10.2 Å². The Balaban J connectivity index is 0.000000243. The predicted octanol–water partition coefficient (Wildman–Crippen LogP) is 6.55. The smallest absolute Gasteiger partial charge is 0.179 e. The SMILES string of the molecule is BrCCSc1ccc(Br)cc1.O=S(=O)(CCBr)c1ccc(Br)cc1. The van der Waals surface area contributed by atoms with Gasteiger partial charge in [0.05, 0.1) is 10.6 Å². The van der Waals surface area contributed by atoms with E-state index in [1.54, 1.807) is 24.3 Å². The fraction of sp³-hybridized carbons (Fsp3) is 0.250. The first-order valence-electron chi connectivity index (χ1n) is 6.87. The molecule has 2 aromatic carbocycles. The van der Waals surface area contributed by atoms with Gasteiger partial charge in [-0.15, -0.1) is 11.8 Å². The van der Waals surface area contributed by atoms with E-state index in [1.165, 1.54) is 4.90 Å². The lowest BCUT2D eigenvalue weighted by Gasteiger charge is -2.01. The molecule has 0 fully saturated rings. The standard InChI is InChI=1S/C8H8Br2O2S.C8H8Br2S/c9-5-6-13(11,12)8-3-1-7(10)2-4-8;9-5-6-11-8-3-1-7(10)2-4-8/h1-4H,5-6H2;1-4H,5-6H2. The summed E-state index contributed by atoms with van der Waals surface area (Å²) in [5.41, 5.74) is 0. The molecule has 24 heavy (non-hydrogen) atoms. The summed E-state index contributed by atoms with van der Waals surface area (Å²) in [5.74, 6) is 1.26. The molecule has 0 aliphatic heterocycles. The van der Waals surface area contributed by atoms with Gasteiger partial charge >= 0.3 is 0 Å². The second-order valence-electron chi connectivity index (χ2n) is 4.45. The van der Waals surface area contributed by atoms with Gasteiger partial charge in [-0.05, 0) is 48.5 Å². The van der Waals surface area contributed by atoms with Gasteiger partial charge in [0, 0.05) is 30.3 Å². The number of hydrogen-bond acceptors (Lipinski definition) is 3. The van der Waals surface area contributed by atoms with E-state index in [-0.39, 0.29) is 5.75 Å². The van der Waals surface area contributed by atoms with Crippen LogP contribution in [0.1, 0.15) is 0 Å². The minimum Gasteiger partial charge on any atom is -0.224 e. The average molecular weight is 624 g/mol. The van der Waals surface area contributed by atoms with Gasteiger partial charge in [0.1, 0.15) is 0 Å². The molecule has 0 spiro atoms. The highest BCUT2D eigenvalue weighted by Crippen LogP contribution is 2.20. The van der Waals surface area contributed by atoms with Crippen LogP contribution in [-0.4, -0.2) is 30.6 Å². The summed E-state index contributed by atoms with van der Waals surface area (Å²) < 4.78 is 25.0. The molecule has 0 saturated carbocycles. The Hall–Kier alpha value is 0.660. The number of halogens is 4. The van der Waals surface area contributed by atoms with Gasteiger partial charge in [-0.3, -0.25) is 0 Å². The minimum absolute atomic E-state index is 0.134. The molecule has 0 aromatic heterocycles. The maximum Gasteiger partial charge on any atom is 0.179 e. The molecule has 8 heteroatoms. The van der Waals surface area contributed by atoms with E-state index in [0.717, 1.165) is 20.0 Å². The van der Waals surface area contributed by atoms with Crippen molar-refractivity contribution in [1.29, 1.82) is 0 Å². The number of thioether (sulfide) groups is 1. The average Bonchev–Trinajstić information content (AvgIpc) is 2.55. The maximum absolute atomic E-state index is 11.5. The third-order valence-electron chi connectivity index (χ3n) is 2.68. The lowest BCUT2D eigenvalue weighted by molar-refractivity contribution is 0.597. The summed E-state index contributed by atoms with van der Waals surface area (Å²) in [4.78, 5) is 1.70. The summed E-state index contributed by atoms with van der Waals surface area (Å²) in [7, 11) is -3.09. The highest BCUT2D eigenvalue weighted by molar-refractivity contribution is 9.11. The number of rotatable bonds is 6. The van der Waals surface area contributed by atoms with Crippen molar-refractivity contribution in [1.82, 2.24) is 0 Å². The molecule has 0 heterocycles. The molecule has 0 N–H and O–H groups in total. The van der Waals surface area contributed by atoms with E-state index in [9.17, 15) is 8.42 Å². The van der Waals surface area contributed by atoms with Crippen LogP contribution in [0.2, 0.25) is 0 Å². The zero-order chi connectivity index (χ0) is 18.0. The van der Waals surface area contributed by atoms with Crippen molar-refractivity contribution >= 4 is 85.3 Å². The minimum atomic E-state index is -3.09. The Morgan fingerprint density at radius 2 is 1.29 bits per heavy atom. The largest absolute Gasteiger partial charge is 0.224 e. The van der Waals surface area contributed by atoms with Gasteiger partial charge in [0.2, 0.25) is 0 Å². The molecule has 0 aliphatic carbocycles. The van der Waals surface area contributed by atoms with Crippen molar-refractivity contribution in [3.63, 3.8) is 0 Å². The van der Waals surface area contributed by atoms with Crippen molar-refractivity contribution in [3.05, 3.63) is 57.5 Å². The van der Waals surface area contributed by atoms with Crippen molar-refractivity contribution < 1.29 is 8.42 Å². The van der Waals surface area contributed by atoms with Gasteiger partial charge < -0.3 is 0 Å². The lowest BCUT2D eigenvalue weighted by Crippen LogP contribution is -2.07. The summed E-state index contributed by atoms with van der Waals surface area (Å²) in [5, 5.41) is 1.51. The van der Waals surface area contributed by atoms with Crippen LogP contribution in [0.25, 0.3) is 0 Å². The van der Waals surface area contributed by atoms with Crippen molar-refractivity contribution in [2.45, 2.75) is 9.79 Å². The quantitative estimate of drug-likeness (QED) is 0.270.